The maximum Gasteiger partial charge on any atom is 2.00 e. The fraction of sp³-hybridized carbons (Fsp3) is 0.543. The minimum Gasteiger partial charge on any atom is -0.675 e. The average Bonchev–Trinajstić information content (AvgIpc) is 3.13. The van der Waals surface area contributed by atoms with Crippen molar-refractivity contribution in [3.05, 3.63) is 89.2 Å². The van der Waals surface area contributed by atoms with Crippen LogP contribution in [0.4, 0.5) is 0 Å². The standard InChI is InChI=1S/C12H24N.C12H10.C9H13.C2H7Si.Ti/c13-12-10-8-6-4-2-1-3-5-7-9-11-12;1-3-7-11(8-4-1)12-9-5-2-6-10-12;1-6-5-7(2)9(4)8(6)3;1-3-2;/h12-13H,1-11H2;1-10H;6H,1-4H3;3H,1-2H3;/q-1;;-1;;+2. The summed E-state index contributed by atoms with van der Waals surface area (Å²) in [5.41, 5.74) is 14.6. The second-order valence-electron chi connectivity index (χ2n) is 10.6. The van der Waals surface area contributed by atoms with Crippen LogP contribution in [0.25, 0.3) is 16.9 Å². The Hall–Kier alpha value is -1.19. The number of hydrogen-bond donors (Lipinski definition) is 0. The molecule has 0 heterocycles. The molecule has 1 nitrogen and oxygen atoms in total. The van der Waals surface area contributed by atoms with E-state index in [9.17, 15) is 0 Å². The second-order valence-corrected chi connectivity index (χ2v) is 11.7. The predicted octanol–water partition coefficient (Wildman–Crippen LogP) is 11.3. The molecule has 0 bridgehead atoms. The van der Waals surface area contributed by atoms with Gasteiger partial charge in [-0.3, -0.25) is 6.08 Å². The predicted molar refractivity (Wildman–Crippen MR) is 170 cm³/mol. The smallest absolute Gasteiger partial charge is 0.675 e. The summed E-state index contributed by atoms with van der Waals surface area (Å²) in [6.07, 6.45) is 18.1. The first-order chi connectivity index (χ1) is 17.9. The molecule has 0 spiro atoms. The Balaban J connectivity index is 0.000000513. The molecule has 1 saturated carbocycles. The van der Waals surface area contributed by atoms with Crippen LogP contribution in [0.1, 0.15) is 98.3 Å². The largest absolute Gasteiger partial charge is 2.00 e. The molecule has 1 fully saturated rings. The molecule has 0 aromatic heterocycles. The van der Waals surface area contributed by atoms with E-state index in [1.807, 2.05) is 12.1 Å². The van der Waals surface area contributed by atoms with Crippen LogP contribution in [0.5, 0.6) is 0 Å². The third-order valence-electron chi connectivity index (χ3n) is 7.22. The molecule has 2 aromatic rings. The van der Waals surface area contributed by atoms with Crippen LogP contribution in [0.15, 0.2) is 77.4 Å². The summed E-state index contributed by atoms with van der Waals surface area (Å²) in [5.74, 6) is 0.560. The summed E-state index contributed by atoms with van der Waals surface area (Å²) in [4.78, 5) is 0. The third kappa shape index (κ3) is 16.7. The molecule has 1 unspecified atom stereocenters. The molecule has 0 aliphatic heterocycles. The first kappa shape index (κ1) is 36.8. The Kier molecular flexibility index (Phi) is 22.9. The number of nitrogens with one attached hydrogen (secondary N) is 1. The Morgan fingerprint density at radius 2 is 1.00 bits per heavy atom. The van der Waals surface area contributed by atoms with E-state index < -0.39 is 0 Å². The molecule has 3 heteroatoms. The van der Waals surface area contributed by atoms with Crippen molar-refractivity contribution in [2.24, 2.45) is 5.92 Å². The summed E-state index contributed by atoms with van der Waals surface area (Å²) in [6, 6.07) is 21.0. The zero-order chi connectivity index (χ0) is 27.3. The zero-order valence-corrected chi connectivity index (χ0v) is 28.0. The van der Waals surface area contributed by atoms with Gasteiger partial charge in [0.15, 0.2) is 0 Å². The first-order valence-electron chi connectivity index (χ1n) is 14.7. The SMILES string of the molecule is CC1=[C-]C(C)C(C)=C1C.C[SiH]C.[NH-]C1CCCCCCCCCCC1.[Ti+2].c1ccc(-c2ccccc2)cc1. The van der Waals surface area contributed by atoms with E-state index in [0.717, 1.165) is 22.4 Å². The van der Waals surface area contributed by atoms with Gasteiger partial charge in [-0.2, -0.15) is 11.1 Å². The van der Waals surface area contributed by atoms with Crippen LogP contribution in [0.2, 0.25) is 13.1 Å². The van der Waals surface area contributed by atoms with Gasteiger partial charge in [0.05, 0.1) is 0 Å². The van der Waals surface area contributed by atoms with Crippen LogP contribution in [-0.4, -0.2) is 15.6 Å². The fourth-order valence-electron chi connectivity index (χ4n) is 4.59. The van der Waals surface area contributed by atoms with Gasteiger partial charge in [0, 0.05) is 9.52 Å². The minimum atomic E-state index is 0. The van der Waals surface area contributed by atoms with Crippen molar-refractivity contribution in [3.8, 4) is 11.1 Å². The molecular weight excluding hydrogens is 510 g/mol. The molecule has 1 N–H and O–H groups in total. The molecule has 2 aromatic carbocycles. The number of benzene rings is 2. The molecule has 2 aliphatic rings. The van der Waals surface area contributed by atoms with Crippen molar-refractivity contribution in [1.82, 2.24) is 0 Å². The summed E-state index contributed by atoms with van der Waals surface area (Å²) < 4.78 is 0. The van der Waals surface area contributed by atoms with Crippen molar-refractivity contribution in [3.63, 3.8) is 0 Å². The van der Waals surface area contributed by atoms with Crippen molar-refractivity contribution in [2.75, 3.05) is 0 Å². The van der Waals surface area contributed by atoms with Crippen molar-refractivity contribution < 1.29 is 21.7 Å². The van der Waals surface area contributed by atoms with Gasteiger partial charge in [0.1, 0.15) is 0 Å². The Labute approximate surface area is 253 Å². The topological polar surface area (TPSA) is 23.8 Å². The van der Waals surface area contributed by atoms with Gasteiger partial charge in [-0.15, -0.1) is 13.0 Å². The van der Waals surface area contributed by atoms with Crippen molar-refractivity contribution in [2.45, 2.75) is 117 Å². The first-order valence-corrected chi connectivity index (χ1v) is 17.0. The monoisotopic (exact) mass is 564 g/mol. The maximum atomic E-state index is 7.80. The number of allylic oxidation sites excluding steroid dienone is 4. The number of rotatable bonds is 1. The average molecular weight is 565 g/mol. The van der Waals surface area contributed by atoms with Crippen LogP contribution in [-0.2, 0) is 21.7 Å². The van der Waals surface area contributed by atoms with Crippen molar-refractivity contribution in [1.29, 1.82) is 0 Å². The summed E-state index contributed by atoms with van der Waals surface area (Å²) in [7, 11) is 0.750. The van der Waals surface area contributed by atoms with Crippen LogP contribution in [0, 0.1) is 12.0 Å². The van der Waals surface area contributed by atoms with Gasteiger partial charge in [0.2, 0.25) is 0 Å². The summed E-state index contributed by atoms with van der Waals surface area (Å²) >= 11 is 0. The van der Waals surface area contributed by atoms with Crippen LogP contribution in [0.3, 0.4) is 0 Å². The third-order valence-corrected chi connectivity index (χ3v) is 7.22. The normalized spacial score (nSPS) is 18.4. The van der Waals surface area contributed by atoms with Crippen molar-refractivity contribution >= 4 is 9.52 Å². The van der Waals surface area contributed by atoms with Gasteiger partial charge in [-0.05, 0) is 11.1 Å². The Morgan fingerprint density at radius 1 is 0.658 bits per heavy atom. The van der Waals surface area contributed by atoms with Gasteiger partial charge in [0.25, 0.3) is 0 Å². The number of hydrogen-bond acceptors (Lipinski definition) is 0. The molecule has 0 amide bonds. The molecule has 38 heavy (non-hydrogen) atoms. The zero-order valence-electron chi connectivity index (χ0n) is 25.3. The molecule has 2 aliphatic carbocycles. The molecule has 1 radical (unpaired) electrons. The molecule has 0 saturated heterocycles. The van der Waals surface area contributed by atoms with Gasteiger partial charge in [-0.25, -0.2) is 5.57 Å². The van der Waals surface area contributed by atoms with E-state index >= 15 is 0 Å². The van der Waals surface area contributed by atoms with E-state index in [4.69, 9.17) is 5.73 Å². The minimum absolute atomic E-state index is 0. The van der Waals surface area contributed by atoms with Gasteiger partial charge < -0.3 is 5.73 Å². The molecule has 1 atom stereocenters. The van der Waals surface area contributed by atoms with Gasteiger partial charge in [-0.1, -0.05) is 171 Å². The summed E-state index contributed by atoms with van der Waals surface area (Å²) in [6.45, 7) is 13.1. The fourth-order valence-corrected chi connectivity index (χ4v) is 4.59. The van der Waals surface area contributed by atoms with E-state index in [1.165, 1.54) is 85.6 Å². The Morgan fingerprint density at radius 3 is 1.26 bits per heavy atom. The maximum absolute atomic E-state index is 7.80. The van der Waals surface area contributed by atoms with E-state index in [1.54, 1.807) is 0 Å². The second kappa shape index (κ2) is 23.7. The molecular formula is C35H54NSiTi. The summed E-state index contributed by atoms with van der Waals surface area (Å²) in [5, 5.41) is 0. The van der Waals surface area contributed by atoms with E-state index in [0.29, 0.717) is 5.92 Å². The van der Waals surface area contributed by atoms with E-state index in [2.05, 4.69) is 95.4 Å². The molecule has 207 valence electrons. The van der Waals surface area contributed by atoms with E-state index in [-0.39, 0.29) is 27.8 Å². The molecule has 4 rings (SSSR count). The van der Waals surface area contributed by atoms with Gasteiger partial charge >= 0.3 is 21.7 Å². The Bertz CT molecular complexity index is 826. The van der Waals surface area contributed by atoms with Crippen LogP contribution < -0.4 is 0 Å². The quantitative estimate of drug-likeness (QED) is 0.243. The van der Waals surface area contributed by atoms with Crippen LogP contribution >= 0.6 is 0 Å².